The SMILES string of the molecule is CC(=O)ONS.COC(=O)CNC(=O)[C@@H](C)CCC(=O)NCCCOCCOCCOCCCN.COC(=O)CNC(=O)[C@@H](C)CCC(=O)NCCCOCCOCCOCCCNC(C)=O.O=C1OC2(c3ccc(O)cc3Oc3cc(O)ccc32)c2ccccc21.O=C1OC2(c3ccc(O)cc3Oc3cc(O)ccc32)c2ccccc21. The number of fused-ring (bicyclic) bond motifs is 12. The van der Waals surface area contributed by atoms with Crippen LogP contribution in [0.3, 0.4) is 0 Å². The topological polar surface area (TPSA) is 470 Å². The number of benzene rings is 6. The van der Waals surface area contributed by atoms with E-state index in [1.807, 2.05) is 29.2 Å². The molecular weight excluding hydrogens is 1550 g/mol. The van der Waals surface area contributed by atoms with Crippen molar-refractivity contribution in [3.63, 3.8) is 0 Å². The second-order valence-electron chi connectivity index (χ2n) is 26.4. The van der Waals surface area contributed by atoms with E-state index >= 15 is 0 Å². The minimum Gasteiger partial charge on any atom is -0.508 e. The van der Waals surface area contributed by atoms with Crippen molar-refractivity contribution in [1.82, 2.24) is 31.5 Å². The van der Waals surface area contributed by atoms with Gasteiger partial charge in [0.15, 0.2) is 11.2 Å². The lowest BCUT2D eigenvalue weighted by Crippen LogP contribution is -2.34. The third kappa shape index (κ3) is 29.8. The summed E-state index contributed by atoms with van der Waals surface area (Å²) in [5, 5.41) is 52.5. The van der Waals surface area contributed by atoms with E-state index in [1.165, 1.54) is 76.6 Å². The van der Waals surface area contributed by atoms with Gasteiger partial charge in [-0.2, -0.15) is 0 Å². The lowest BCUT2D eigenvalue weighted by molar-refractivity contribution is -0.144. The van der Waals surface area contributed by atoms with Gasteiger partial charge in [0.05, 0.1) is 78.2 Å². The minimum absolute atomic E-state index is 0.0371. The molecular formula is C82H105N7O27S. The highest BCUT2D eigenvalue weighted by molar-refractivity contribution is 7.77. The maximum Gasteiger partial charge on any atom is 0.340 e. The van der Waals surface area contributed by atoms with Crippen molar-refractivity contribution in [2.24, 2.45) is 17.6 Å². The molecule has 0 saturated carbocycles. The van der Waals surface area contributed by atoms with E-state index in [4.69, 9.17) is 53.1 Å². The molecule has 2 atom stereocenters. The van der Waals surface area contributed by atoms with Crippen LogP contribution in [0.25, 0.3) is 0 Å². The quantitative estimate of drug-likeness (QED) is 0.00633. The van der Waals surface area contributed by atoms with Crippen molar-refractivity contribution in [2.75, 3.05) is 133 Å². The molecule has 6 aromatic carbocycles. The molecule has 117 heavy (non-hydrogen) atoms. The molecule has 0 aromatic heterocycles. The van der Waals surface area contributed by atoms with E-state index in [2.05, 4.69) is 53.7 Å². The first kappa shape index (κ1) is 94.7. The molecule has 2 spiro atoms. The molecule has 0 unspecified atom stereocenters. The summed E-state index contributed by atoms with van der Waals surface area (Å²) in [5.74, 6) is -2.19. The Morgan fingerprint density at radius 3 is 1.05 bits per heavy atom. The Kier molecular flexibility index (Phi) is 40.8. The molecule has 4 aliphatic rings. The first-order valence-corrected chi connectivity index (χ1v) is 38.3. The molecule has 636 valence electrons. The number of nitrogens with two attached hydrogens (primary N) is 1. The molecule has 34 nitrogen and oxygen atoms in total. The van der Waals surface area contributed by atoms with Gasteiger partial charge in [-0.15, -0.1) is 0 Å². The second kappa shape index (κ2) is 50.4. The van der Waals surface area contributed by atoms with Crippen LogP contribution in [0.5, 0.6) is 46.0 Å². The van der Waals surface area contributed by atoms with Crippen LogP contribution in [0.2, 0.25) is 0 Å². The van der Waals surface area contributed by atoms with E-state index in [0.29, 0.717) is 199 Å². The summed E-state index contributed by atoms with van der Waals surface area (Å²) < 4.78 is 64.7. The number of carbonyl (C=O) groups is 10. The van der Waals surface area contributed by atoms with Crippen molar-refractivity contribution in [2.45, 2.75) is 90.3 Å². The first-order chi connectivity index (χ1) is 56.3. The summed E-state index contributed by atoms with van der Waals surface area (Å²) in [6.45, 7) is 14.4. The van der Waals surface area contributed by atoms with Crippen LogP contribution in [-0.4, -0.2) is 213 Å². The highest BCUT2D eigenvalue weighted by Crippen LogP contribution is 2.58. The maximum absolute atomic E-state index is 12.5. The smallest absolute Gasteiger partial charge is 0.340 e. The van der Waals surface area contributed by atoms with Crippen LogP contribution in [0.4, 0.5) is 0 Å². The van der Waals surface area contributed by atoms with Gasteiger partial charge in [0.25, 0.3) is 0 Å². The summed E-state index contributed by atoms with van der Waals surface area (Å²) >= 11 is 3.37. The number of phenols is 4. The summed E-state index contributed by atoms with van der Waals surface area (Å²) in [7, 11) is 2.50. The van der Waals surface area contributed by atoms with Crippen LogP contribution < -0.4 is 46.7 Å². The number of aromatic hydroxyl groups is 4. The monoisotopic (exact) mass is 1650 g/mol. The van der Waals surface area contributed by atoms with Crippen molar-refractivity contribution in [3.05, 3.63) is 166 Å². The second-order valence-corrected chi connectivity index (χ2v) is 26.6. The number of ether oxygens (including phenoxy) is 12. The summed E-state index contributed by atoms with van der Waals surface area (Å²) in [4.78, 5) is 121. The fraction of sp³-hybridized carbons (Fsp3) is 0.439. The average molecular weight is 1650 g/mol. The Morgan fingerprint density at radius 1 is 0.436 bits per heavy atom. The predicted molar refractivity (Wildman–Crippen MR) is 424 cm³/mol. The zero-order chi connectivity index (χ0) is 85.1. The Balaban J connectivity index is 0.000000237. The summed E-state index contributed by atoms with van der Waals surface area (Å²) in [6.07, 6.45) is 4.27. The number of amides is 5. The van der Waals surface area contributed by atoms with Gasteiger partial charge in [-0.3, -0.25) is 38.4 Å². The number of hydrogen-bond acceptors (Lipinski definition) is 30. The van der Waals surface area contributed by atoms with E-state index in [1.54, 1.807) is 62.4 Å². The summed E-state index contributed by atoms with van der Waals surface area (Å²) in [5.41, 5.74) is 7.92. The number of methoxy groups -OCH3 is 2. The molecule has 35 heteroatoms. The van der Waals surface area contributed by atoms with Gasteiger partial charge in [0.1, 0.15) is 59.1 Å². The van der Waals surface area contributed by atoms with E-state index in [0.717, 1.165) is 12.8 Å². The highest BCUT2D eigenvalue weighted by atomic mass is 32.1. The lowest BCUT2D eigenvalue weighted by atomic mass is 9.77. The standard InChI is InChI=1S/C21H39N3O8.2C20H12O5.C19H37N3O7.C2H5NO2S/c1-17(21(28)24-16-20(27)29-3)6-7-19(26)23-9-5-11-31-13-15-32-14-12-30-10-4-8-22-18(2)25;2*21-11-5-7-15-17(9-11)24-18-10-12(22)6-8-16(18)20(15)14-4-2-1-3-13(14)19(23)25-20;1-16(19(25)22-15-18(24)26-2)5-6-17(23)21-8-4-10-28-12-14-29-13-11-27-9-3-7-20;1-2(4)5-3-6/h17H,4-16H2,1-3H3,(H,22,25)(H,23,26)(H,24,28);2*1-10,21-22H;16H,3-15,20H2,1-2H3,(H,21,23)(H,22,25);3,6H,1H3/t17-;;;16-;/m0..0./s1. The van der Waals surface area contributed by atoms with Gasteiger partial charge in [-0.25, -0.2) is 9.59 Å². The Bertz CT molecular complexity index is 3990. The molecule has 4 heterocycles. The number of nitrogens with one attached hydrogen (secondary N) is 6. The number of esters is 4. The molecule has 0 radical (unpaired) electrons. The van der Waals surface area contributed by atoms with Crippen molar-refractivity contribution in [3.8, 4) is 46.0 Å². The molecule has 0 fully saturated rings. The molecule has 0 aliphatic carbocycles. The van der Waals surface area contributed by atoms with Gasteiger partial charge in [0, 0.05) is 142 Å². The molecule has 5 amide bonds. The van der Waals surface area contributed by atoms with Gasteiger partial charge in [0.2, 0.25) is 29.5 Å². The summed E-state index contributed by atoms with van der Waals surface area (Å²) in [6, 6.07) is 33.2. The average Bonchev–Trinajstić information content (AvgIpc) is 1.61. The Labute approximate surface area is 683 Å². The lowest BCUT2D eigenvalue weighted by Gasteiger charge is -2.36. The number of thiol groups is 1. The third-order valence-electron chi connectivity index (χ3n) is 17.7. The van der Waals surface area contributed by atoms with Crippen molar-refractivity contribution in [1.29, 1.82) is 0 Å². The fourth-order valence-electron chi connectivity index (χ4n) is 11.8. The van der Waals surface area contributed by atoms with Crippen LogP contribution in [0, 0.1) is 11.8 Å². The van der Waals surface area contributed by atoms with E-state index < -0.39 is 41.0 Å². The largest absolute Gasteiger partial charge is 0.508 e. The minimum atomic E-state index is -1.17. The van der Waals surface area contributed by atoms with Gasteiger partial charge < -0.3 is 114 Å². The Morgan fingerprint density at radius 2 is 0.752 bits per heavy atom. The van der Waals surface area contributed by atoms with Gasteiger partial charge in [-0.1, -0.05) is 67.9 Å². The molecule has 10 rings (SSSR count). The molecule has 12 N–H and O–H groups in total. The number of carbonyl (C=O) groups excluding carboxylic acids is 10. The number of hydrogen-bond donors (Lipinski definition) is 12. The zero-order valence-electron chi connectivity index (χ0n) is 66.3. The number of phenolic OH excluding ortho intramolecular Hbond substituents is 4. The van der Waals surface area contributed by atoms with Gasteiger partial charge >= 0.3 is 29.8 Å². The molecule has 6 aromatic rings. The third-order valence-corrected chi connectivity index (χ3v) is 17.8. The van der Waals surface area contributed by atoms with Crippen LogP contribution in [0.1, 0.15) is 133 Å². The molecule has 4 aliphatic heterocycles. The van der Waals surface area contributed by atoms with E-state index in [-0.39, 0.29) is 90.3 Å². The predicted octanol–water partition coefficient (Wildman–Crippen LogP) is 6.60. The Hall–Kier alpha value is -11.2. The van der Waals surface area contributed by atoms with Crippen molar-refractivity contribution < 1.29 is 130 Å². The van der Waals surface area contributed by atoms with Crippen LogP contribution >= 0.6 is 12.8 Å². The van der Waals surface area contributed by atoms with E-state index in [9.17, 15) is 68.4 Å². The zero-order valence-corrected chi connectivity index (χ0v) is 67.2. The molecule has 0 bridgehead atoms. The normalized spacial score (nSPS) is 13.2. The molecule has 0 saturated heterocycles. The van der Waals surface area contributed by atoms with Gasteiger partial charge in [-0.05, 0) is 106 Å². The fourth-order valence-corrected chi connectivity index (χ4v) is 12.0. The maximum atomic E-state index is 12.5. The van der Waals surface area contributed by atoms with Crippen LogP contribution in [-0.2, 0) is 102 Å². The van der Waals surface area contributed by atoms with Crippen LogP contribution in [0.15, 0.2) is 121 Å². The number of rotatable bonds is 40. The highest BCUT2D eigenvalue weighted by Gasteiger charge is 2.55. The first-order valence-electron chi connectivity index (χ1n) is 37.9. The van der Waals surface area contributed by atoms with Crippen molar-refractivity contribution >= 4 is 72.2 Å².